The van der Waals surface area contributed by atoms with Crippen molar-refractivity contribution in [3.05, 3.63) is 96.8 Å². The summed E-state index contributed by atoms with van der Waals surface area (Å²) in [6, 6.07) is 13.4. The van der Waals surface area contributed by atoms with E-state index in [-0.39, 0.29) is 46.8 Å². The fourth-order valence-electron chi connectivity index (χ4n) is 6.94. The minimum Gasteiger partial charge on any atom is -0.391 e. The van der Waals surface area contributed by atoms with Gasteiger partial charge in [-0.15, -0.1) is 0 Å². The predicted octanol–water partition coefficient (Wildman–Crippen LogP) is 1.10. The molecule has 60 heavy (non-hydrogen) atoms. The molecule has 2 amide bonds. The Labute approximate surface area is 343 Å². The first-order valence-corrected chi connectivity index (χ1v) is 19.2. The smallest absolute Gasteiger partial charge is 0.254 e. The lowest BCUT2D eigenvalue weighted by Crippen LogP contribution is -2.51. The summed E-state index contributed by atoms with van der Waals surface area (Å²) in [5.74, 6) is -0.280. The van der Waals surface area contributed by atoms with Gasteiger partial charge in [0.15, 0.2) is 0 Å². The molecule has 22 nitrogen and oxygen atoms in total. The SMILES string of the molecule is NC(=O)c1cnc(N[C@@H]2CCC[C@H](O)[C@@H]2N)nc1Nc1cccc(-n2nccn2)c1.NC(=O)c1cnc(N[C@@H]2[C@H](O)CCC[C@@H]2N)nc1Nc1cccc(-n2nccn2)c1. The monoisotopic (exact) mass is 818 g/mol. The number of hydrogen-bond acceptors (Lipinski definition) is 18. The highest BCUT2D eigenvalue weighted by Gasteiger charge is 2.31. The molecule has 0 saturated heterocycles. The third-order valence-corrected chi connectivity index (χ3v) is 10.1. The van der Waals surface area contributed by atoms with Crippen LogP contribution >= 0.6 is 0 Å². The van der Waals surface area contributed by atoms with E-state index in [1.165, 1.54) is 22.0 Å². The Morgan fingerprint density at radius 3 is 1.63 bits per heavy atom. The largest absolute Gasteiger partial charge is 0.391 e. The Morgan fingerprint density at radius 2 is 1.13 bits per heavy atom. The molecule has 2 aromatic carbocycles. The fourth-order valence-corrected chi connectivity index (χ4v) is 6.94. The molecule has 22 heteroatoms. The predicted molar refractivity (Wildman–Crippen MR) is 221 cm³/mol. The second-order valence-corrected chi connectivity index (χ2v) is 14.3. The maximum Gasteiger partial charge on any atom is 0.254 e. The van der Waals surface area contributed by atoms with Crippen LogP contribution in [-0.2, 0) is 0 Å². The van der Waals surface area contributed by atoms with Crippen molar-refractivity contribution >= 4 is 46.7 Å². The highest BCUT2D eigenvalue weighted by Crippen LogP contribution is 2.26. The molecule has 6 aromatic rings. The van der Waals surface area contributed by atoms with Gasteiger partial charge in [-0.1, -0.05) is 12.1 Å². The van der Waals surface area contributed by atoms with Crippen LogP contribution in [0.4, 0.5) is 34.9 Å². The number of amides is 2. The van der Waals surface area contributed by atoms with Gasteiger partial charge >= 0.3 is 0 Å². The molecule has 2 aliphatic carbocycles. The number of rotatable bonds is 12. The first-order chi connectivity index (χ1) is 29.0. The standard InChI is InChI=1S/2C19H23N9O2/c20-16-14(5-2-6-15(16)29)26-19-22-10-13(17(21)30)18(27-19)25-11-3-1-4-12(9-11)28-23-7-8-24-28;20-14-5-2-6-15(29)16(14)26-19-22-10-13(17(21)30)18(27-19)25-11-3-1-4-12(9-11)28-23-7-8-24-28/h2*1,3-4,7-10,14-16,29H,2,5-6,20H2,(H2,21,30)(H2,22,25,26,27)/t2*14-,15+,16-/m10/s1. The quantitative estimate of drug-likeness (QED) is 0.0826. The van der Waals surface area contributed by atoms with E-state index in [2.05, 4.69) is 61.6 Å². The summed E-state index contributed by atoms with van der Waals surface area (Å²) in [6.07, 6.45) is 12.5. The van der Waals surface area contributed by atoms with Crippen molar-refractivity contribution in [1.82, 2.24) is 49.9 Å². The Balaban J connectivity index is 0.000000181. The summed E-state index contributed by atoms with van der Waals surface area (Å²) in [6.45, 7) is 0. The van der Waals surface area contributed by atoms with Gasteiger partial charge in [0.25, 0.3) is 11.8 Å². The van der Waals surface area contributed by atoms with Crippen molar-refractivity contribution in [3.8, 4) is 11.4 Å². The van der Waals surface area contributed by atoms with Crippen LogP contribution in [0.1, 0.15) is 59.2 Å². The molecule has 0 spiro atoms. The van der Waals surface area contributed by atoms with E-state index in [9.17, 15) is 19.8 Å². The van der Waals surface area contributed by atoms with E-state index in [0.717, 1.165) is 37.1 Å². The topological polar surface area (TPSA) is 340 Å². The number of aromatic nitrogens is 10. The van der Waals surface area contributed by atoms with Crippen LogP contribution in [0.15, 0.2) is 85.7 Å². The number of carbonyl (C=O) groups is 2. The van der Waals surface area contributed by atoms with Gasteiger partial charge in [-0.3, -0.25) is 9.59 Å². The average Bonchev–Trinajstić information content (AvgIpc) is 3.98. The molecular weight excluding hydrogens is 773 g/mol. The molecule has 6 atom stereocenters. The lowest BCUT2D eigenvalue weighted by Gasteiger charge is -2.33. The lowest BCUT2D eigenvalue weighted by atomic mass is 9.88. The summed E-state index contributed by atoms with van der Waals surface area (Å²) >= 11 is 0. The third kappa shape index (κ3) is 9.93. The summed E-state index contributed by atoms with van der Waals surface area (Å²) in [5, 5.41) is 49.2. The summed E-state index contributed by atoms with van der Waals surface area (Å²) in [5.41, 5.74) is 26.3. The van der Waals surface area contributed by atoms with Crippen LogP contribution < -0.4 is 44.2 Å². The third-order valence-electron chi connectivity index (χ3n) is 10.1. The van der Waals surface area contributed by atoms with Crippen molar-refractivity contribution in [2.75, 3.05) is 21.3 Å². The molecule has 0 unspecified atom stereocenters. The number of aliphatic hydroxyl groups excluding tert-OH is 2. The Morgan fingerprint density at radius 1 is 0.650 bits per heavy atom. The molecule has 2 fully saturated rings. The van der Waals surface area contributed by atoms with Gasteiger partial charge in [0.2, 0.25) is 11.9 Å². The molecule has 0 aliphatic heterocycles. The number of aliphatic hydroxyl groups is 2. The van der Waals surface area contributed by atoms with Crippen LogP contribution in [0, 0.1) is 0 Å². The summed E-state index contributed by atoms with van der Waals surface area (Å²) < 4.78 is 0. The molecule has 2 saturated carbocycles. The highest BCUT2D eigenvalue weighted by atomic mass is 16.3. The minimum absolute atomic E-state index is 0.136. The maximum atomic E-state index is 11.9. The van der Waals surface area contributed by atoms with Crippen LogP contribution in [0.5, 0.6) is 0 Å². The number of hydrogen-bond donors (Lipinski definition) is 10. The molecule has 2 aliphatic rings. The van der Waals surface area contributed by atoms with Crippen molar-refractivity contribution in [3.63, 3.8) is 0 Å². The molecule has 4 heterocycles. The Kier molecular flexibility index (Phi) is 12.7. The first kappa shape index (κ1) is 41.0. The molecule has 4 aromatic heterocycles. The van der Waals surface area contributed by atoms with Crippen molar-refractivity contribution in [2.24, 2.45) is 22.9 Å². The van der Waals surface area contributed by atoms with E-state index < -0.39 is 30.1 Å². The fraction of sp³-hybridized carbons (Fsp3) is 0.316. The van der Waals surface area contributed by atoms with Crippen LogP contribution in [0.25, 0.3) is 11.4 Å². The van der Waals surface area contributed by atoms with Gasteiger partial charge in [0.05, 0.1) is 60.5 Å². The summed E-state index contributed by atoms with van der Waals surface area (Å²) in [4.78, 5) is 43.9. The van der Waals surface area contributed by atoms with Crippen LogP contribution in [-0.4, -0.2) is 108 Å². The minimum atomic E-state index is -0.664. The molecule has 14 N–H and O–H groups in total. The van der Waals surface area contributed by atoms with Gasteiger partial charge in [-0.05, 0) is 74.9 Å². The second kappa shape index (κ2) is 18.6. The van der Waals surface area contributed by atoms with E-state index in [4.69, 9.17) is 22.9 Å². The van der Waals surface area contributed by atoms with E-state index >= 15 is 0 Å². The van der Waals surface area contributed by atoms with Gasteiger partial charge in [0.1, 0.15) is 22.8 Å². The number of nitrogens with two attached hydrogens (primary N) is 4. The molecule has 0 radical (unpaired) electrons. The van der Waals surface area contributed by atoms with Crippen molar-refractivity contribution < 1.29 is 19.8 Å². The highest BCUT2D eigenvalue weighted by molar-refractivity contribution is 5.98. The van der Waals surface area contributed by atoms with Crippen molar-refractivity contribution in [1.29, 1.82) is 0 Å². The first-order valence-electron chi connectivity index (χ1n) is 19.2. The normalized spacial score (nSPS) is 21.2. The zero-order valence-corrected chi connectivity index (χ0v) is 32.3. The molecule has 0 bridgehead atoms. The number of carbonyl (C=O) groups excluding carboxylic acids is 2. The van der Waals surface area contributed by atoms with E-state index in [0.29, 0.717) is 30.2 Å². The maximum absolute atomic E-state index is 11.9. The number of benzene rings is 2. The second-order valence-electron chi connectivity index (χ2n) is 14.3. The van der Waals surface area contributed by atoms with Crippen molar-refractivity contribution in [2.45, 2.75) is 74.9 Å². The zero-order chi connectivity index (χ0) is 42.2. The van der Waals surface area contributed by atoms with E-state index in [1.54, 1.807) is 30.9 Å². The Bertz CT molecular complexity index is 2370. The average molecular weight is 819 g/mol. The summed E-state index contributed by atoms with van der Waals surface area (Å²) in [7, 11) is 0. The van der Waals surface area contributed by atoms with Gasteiger partial charge < -0.3 is 54.4 Å². The van der Waals surface area contributed by atoms with Gasteiger partial charge in [0, 0.05) is 35.9 Å². The molecule has 312 valence electrons. The number of nitrogens with one attached hydrogen (secondary N) is 4. The van der Waals surface area contributed by atoms with E-state index in [1.807, 2.05) is 42.5 Å². The van der Waals surface area contributed by atoms with Crippen LogP contribution in [0.2, 0.25) is 0 Å². The molecular formula is C38H46N18O4. The van der Waals surface area contributed by atoms with Gasteiger partial charge in [-0.25, -0.2) is 9.97 Å². The number of nitrogens with zero attached hydrogens (tertiary/aromatic N) is 10. The zero-order valence-electron chi connectivity index (χ0n) is 32.3. The van der Waals surface area contributed by atoms with Gasteiger partial charge in [-0.2, -0.15) is 40.0 Å². The van der Waals surface area contributed by atoms with Crippen LogP contribution in [0.3, 0.4) is 0 Å². The number of primary amides is 2. The lowest BCUT2D eigenvalue weighted by molar-refractivity contribution is 0.0991. The Hall–Kier alpha value is -7.14. The molecule has 8 rings (SSSR count). The number of anilines is 6.